The van der Waals surface area contributed by atoms with E-state index in [9.17, 15) is 8.42 Å². The first-order valence-electron chi connectivity index (χ1n) is 10.8. The van der Waals surface area contributed by atoms with Gasteiger partial charge in [-0.05, 0) is 57.2 Å². The topological polar surface area (TPSA) is 101 Å². The molecule has 1 aromatic carbocycles. The van der Waals surface area contributed by atoms with E-state index in [1.807, 2.05) is 13.8 Å². The minimum Gasteiger partial charge on any atom is -0.382 e. The van der Waals surface area contributed by atoms with E-state index < -0.39 is 10.0 Å². The zero-order valence-electron chi connectivity index (χ0n) is 18.6. The molecule has 10 heteroatoms. The van der Waals surface area contributed by atoms with Gasteiger partial charge >= 0.3 is 0 Å². The Labute approximate surface area is 204 Å². The molecule has 0 spiro atoms. The van der Waals surface area contributed by atoms with Gasteiger partial charge in [0.2, 0.25) is 10.0 Å². The monoisotopic (exact) mass is 568 g/mol. The zero-order chi connectivity index (χ0) is 21.7. The summed E-state index contributed by atoms with van der Waals surface area (Å²) >= 11 is 0. The van der Waals surface area contributed by atoms with Crippen molar-refractivity contribution in [2.75, 3.05) is 39.5 Å². The quantitative estimate of drug-likeness (QED) is 0.147. The number of unbranched alkanes of at least 4 members (excludes halogenated alkanes) is 1. The molecule has 0 radical (unpaired) electrons. The highest BCUT2D eigenvalue weighted by molar-refractivity contribution is 14.0. The van der Waals surface area contributed by atoms with Crippen LogP contribution in [0.5, 0.6) is 0 Å². The van der Waals surface area contributed by atoms with E-state index in [0.29, 0.717) is 19.7 Å². The summed E-state index contributed by atoms with van der Waals surface area (Å²) in [6.07, 6.45) is 3.88. The Hall–Kier alpha value is -0.950. The average molecular weight is 569 g/mol. The second-order valence-corrected chi connectivity index (χ2v) is 8.92. The number of nitrogens with one attached hydrogen (secondary N) is 3. The van der Waals surface area contributed by atoms with Crippen LogP contribution in [0.25, 0.3) is 0 Å². The van der Waals surface area contributed by atoms with E-state index in [1.54, 1.807) is 24.3 Å². The Bertz CT molecular complexity index is 738. The number of guanidine groups is 1. The molecule has 1 atom stereocenters. The van der Waals surface area contributed by atoms with Crippen LogP contribution >= 0.6 is 24.0 Å². The molecule has 1 saturated heterocycles. The molecule has 178 valence electrons. The van der Waals surface area contributed by atoms with Crippen LogP contribution < -0.4 is 15.4 Å². The number of hydrogen-bond donors (Lipinski definition) is 3. The minimum absolute atomic E-state index is 0. The fourth-order valence-electron chi connectivity index (χ4n) is 3.06. The van der Waals surface area contributed by atoms with Gasteiger partial charge < -0.3 is 20.1 Å². The van der Waals surface area contributed by atoms with Crippen molar-refractivity contribution >= 4 is 40.0 Å². The van der Waals surface area contributed by atoms with Gasteiger partial charge in [-0.25, -0.2) is 18.1 Å². The molecular weight excluding hydrogens is 531 g/mol. The van der Waals surface area contributed by atoms with Gasteiger partial charge in [-0.2, -0.15) is 0 Å². The van der Waals surface area contributed by atoms with Crippen LogP contribution in [0.1, 0.15) is 45.1 Å². The largest absolute Gasteiger partial charge is 0.382 e. The third-order valence-corrected chi connectivity index (χ3v) is 6.17. The van der Waals surface area contributed by atoms with Gasteiger partial charge in [0, 0.05) is 39.5 Å². The van der Waals surface area contributed by atoms with Crippen LogP contribution in [0.3, 0.4) is 0 Å². The SMILES string of the molecule is CCNC(=NCc1ccc(S(=O)(=O)NCC2CCCO2)cc1)NCCCCOCC.I. The van der Waals surface area contributed by atoms with Crippen LogP contribution in [-0.2, 0) is 26.0 Å². The van der Waals surface area contributed by atoms with Gasteiger partial charge in [0.25, 0.3) is 0 Å². The summed E-state index contributed by atoms with van der Waals surface area (Å²) in [5.41, 5.74) is 0.946. The van der Waals surface area contributed by atoms with E-state index in [-0.39, 0.29) is 35.0 Å². The van der Waals surface area contributed by atoms with E-state index in [0.717, 1.165) is 63.5 Å². The molecule has 0 aliphatic carbocycles. The summed E-state index contributed by atoms with van der Waals surface area (Å²) in [5.74, 6) is 0.754. The van der Waals surface area contributed by atoms with Gasteiger partial charge in [-0.1, -0.05) is 12.1 Å². The fraction of sp³-hybridized carbons (Fsp3) is 0.667. The Morgan fingerprint density at radius 2 is 1.97 bits per heavy atom. The molecule has 1 aliphatic heterocycles. The van der Waals surface area contributed by atoms with Crippen molar-refractivity contribution in [3.05, 3.63) is 29.8 Å². The maximum absolute atomic E-state index is 12.4. The standard InChI is InChI=1S/C21H36N4O4S.HI/c1-3-22-21(23-13-5-6-14-28-4-2)24-16-18-9-11-20(12-10-18)30(26,27)25-17-19-8-7-15-29-19;/h9-12,19,25H,3-8,13-17H2,1-2H3,(H2,22,23,24);1H. The van der Waals surface area contributed by atoms with Crippen molar-refractivity contribution in [3.8, 4) is 0 Å². The first-order valence-corrected chi connectivity index (χ1v) is 12.3. The van der Waals surface area contributed by atoms with Crippen molar-refractivity contribution in [2.45, 2.75) is 57.1 Å². The van der Waals surface area contributed by atoms with E-state index in [1.165, 1.54) is 0 Å². The number of sulfonamides is 1. The van der Waals surface area contributed by atoms with Crippen molar-refractivity contribution in [3.63, 3.8) is 0 Å². The highest BCUT2D eigenvalue weighted by Gasteiger charge is 2.20. The lowest BCUT2D eigenvalue weighted by atomic mass is 10.2. The van der Waals surface area contributed by atoms with Crippen molar-refractivity contribution in [1.29, 1.82) is 0 Å². The Balaban J connectivity index is 0.00000480. The molecule has 3 N–H and O–H groups in total. The third-order valence-electron chi connectivity index (χ3n) is 4.73. The zero-order valence-corrected chi connectivity index (χ0v) is 21.7. The van der Waals surface area contributed by atoms with Gasteiger partial charge in [-0.3, -0.25) is 0 Å². The number of halogens is 1. The fourth-order valence-corrected chi connectivity index (χ4v) is 4.12. The van der Waals surface area contributed by atoms with Crippen LogP contribution in [0.4, 0.5) is 0 Å². The van der Waals surface area contributed by atoms with Crippen LogP contribution in [0.15, 0.2) is 34.2 Å². The Kier molecular flexibility index (Phi) is 14.3. The number of rotatable bonds is 13. The lowest BCUT2D eigenvalue weighted by Gasteiger charge is -2.12. The second-order valence-electron chi connectivity index (χ2n) is 7.16. The summed E-state index contributed by atoms with van der Waals surface area (Å²) in [7, 11) is -3.53. The third kappa shape index (κ3) is 11.0. The molecule has 31 heavy (non-hydrogen) atoms. The maximum Gasteiger partial charge on any atom is 0.240 e. The van der Waals surface area contributed by atoms with Gasteiger partial charge in [0.15, 0.2) is 5.96 Å². The second kappa shape index (κ2) is 15.8. The van der Waals surface area contributed by atoms with Crippen LogP contribution in [0, 0.1) is 0 Å². The minimum atomic E-state index is -3.53. The molecule has 2 rings (SSSR count). The summed E-state index contributed by atoms with van der Waals surface area (Å²) in [6.45, 7) is 8.65. The molecule has 1 heterocycles. The number of benzene rings is 1. The molecule has 0 amide bonds. The molecule has 8 nitrogen and oxygen atoms in total. The van der Waals surface area contributed by atoms with Crippen molar-refractivity contribution in [1.82, 2.24) is 15.4 Å². The highest BCUT2D eigenvalue weighted by Crippen LogP contribution is 2.14. The normalized spacial score (nSPS) is 16.7. The number of ether oxygens (including phenoxy) is 2. The molecule has 0 saturated carbocycles. The summed E-state index contributed by atoms with van der Waals surface area (Å²) in [6, 6.07) is 6.85. The van der Waals surface area contributed by atoms with Crippen molar-refractivity contribution < 1.29 is 17.9 Å². The van der Waals surface area contributed by atoms with Gasteiger partial charge in [0.05, 0.1) is 17.5 Å². The first-order chi connectivity index (χ1) is 14.5. The highest BCUT2D eigenvalue weighted by atomic mass is 127. The lowest BCUT2D eigenvalue weighted by Crippen LogP contribution is -2.37. The van der Waals surface area contributed by atoms with Gasteiger partial charge in [0.1, 0.15) is 0 Å². The van der Waals surface area contributed by atoms with E-state index in [2.05, 4.69) is 20.3 Å². The maximum atomic E-state index is 12.4. The van der Waals surface area contributed by atoms with E-state index >= 15 is 0 Å². The number of aliphatic imine (C=N–C) groups is 1. The Morgan fingerprint density at radius 1 is 1.19 bits per heavy atom. The number of nitrogens with zero attached hydrogens (tertiary/aromatic N) is 1. The summed E-state index contributed by atoms with van der Waals surface area (Å²) in [4.78, 5) is 4.84. The summed E-state index contributed by atoms with van der Waals surface area (Å²) < 4.78 is 38.3. The molecular formula is C21H37IN4O4S. The van der Waals surface area contributed by atoms with E-state index in [4.69, 9.17) is 9.47 Å². The first kappa shape index (κ1) is 28.1. The van der Waals surface area contributed by atoms with Crippen molar-refractivity contribution in [2.24, 2.45) is 4.99 Å². The predicted molar refractivity (Wildman–Crippen MR) is 135 cm³/mol. The molecule has 1 aromatic rings. The molecule has 1 aliphatic rings. The Morgan fingerprint density at radius 3 is 2.61 bits per heavy atom. The van der Waals surface area contributed by atoms with Crippen LogP contribution in [0.2, 0.25) is 0 Å². The smallest absolute Gasteiger partial charge is 0.240 e. The summed E-state index contributed by atoms with van der Waals surface area (Å²) in [5, 5.41) is 6.54. The molecule has 0 bridgehead atoms. The lowest BCUT2D eigenvalue weighted by molar-refractivity contribution is 0.114. The average Bonchev–Trinajstić information content (AvgIpc) is 3.27. The molecule has 0 aromatic heterocycles. The number of hydrogen-bond acceptors (Lipinski definition) is 5. The van der Waals surface area contributed by atoms with Crippen LogP contribution in [-0.4, -0.2) is 59.9 Å². The van der Waals surface area contributed by atoms with Gasteiger partial charge in [-0.15, -0.1) is 24.0 Å². The molecule has 1 unspecified atom stereocenters. The predicted octanol–water partition coefficient (Wildman–Crippen LogP) is 2.63. The molecule has 1 fully saturated rings.